The summed E-state index contributed by atoms with van der Waals surface area (Å²) in [5.41, 5.74) is 0. The molecular weight excluding hydrogens is 240 g/mol. The van der Waals surface area contributed by atoms with Gasteiger partial charge in [0.15, 0.2) is 11.6 Å². The minimum Gasteiger partial charge on any atom is -0.394 e. The molecule has 6 heteroatoms. The Bertz CT molecular complexity index is 303. The predicted octanol–water partition coefficient (Wildman–Crippen LogP) is 0.0112. The molecule has 2 aliphatic rings. The molecule has 2 saturated heterocycles. The van der Waals surface area contributed by atoms with Crippen molar-refractivity contribution in [1.82, 2.24) is 0 Å². The van der Waals surface area contributed by atoms with Crippen LogP contribution in [0, 0.1) is 0 Å². The van der Waals surface area contributed by atoms with Crippen LogP contribution in [0.25, 0.3) is 0 Å². The van der Waals surface area contributed by atoms with E-state index in [1.165, 1.54) is 0 Å². The van der Waals surface area contributed by atoms with Gasteiger partial charge in [0.1, 0.15) is 24.4 Å². The third-order valence-corrected chi connectivity index (χ3v) is 3.15. The topological polar surface area (TPSA) is 77.4 Å². The van der Waals surface area contributed by atoms with Crippen LogP contribution < -0.4 is 0 Å². The lowest BCUT2D eigenvalue weighted by molar-refractivity contribution is -0.178. The van der Waals surface area contributed by atoms with E-state index in [0.29, 0.717) is 6.61 Å². The molecule has 2 rings (SSSR count). The van der Waals surface area contributed by atoms with Crippen LogP contribution in [0.5, 0.6) is 0 Å². The fourth-order valence-corrected chi connectivity index (χ4v) is 2.39. The first kappa shape index (κ1) is 14.2. The minimum atomic E-state index is -0.898. The lowest BCUT2D eigenvalue weighted by atomic mass is 10.0. The Labute approximate surface area is 107 Å². The van der Waals surface area contributed by atoms with E-state index in [1.54, 1.807) is 27.7 Å². The third-order valence-electron chi connectivity index (χ3n) is 3.15. The normalized spacial score (nSPS) is 40.0. The van der Waals surface area contributed by atoms with E-state index in [4.69, 9.17) is 18.9 Å². The van der Waals surface area contributed by atoms with E-state index in [0.717, 1.165) is 0 Å². The van der Waals surface area contributed by atoms with Gasteiger partial charge in [-0.05, 0) is 27.7 Å². The molecule has 18 heavy (non-hydrogen) atoms. The van der Waals surface area contributed by atoms with Crippen LogP contribution in [-0.2, 0) is 18.9 Å². The number of hydrogen-bond acceptors (Lipinski definition) is 6. The maximum Gasteiger partial charge on any atom is 0.164 e. The largest absolute Gasteiger partial charge is 0.394 e. The molecule has 0 aliphatic carbocycles. The lowest BCUT2D eigenvalue weighted by Crippen LogP contribution is -2.45. The fraction of sp³-hybridized carbons (Fsp3) is 1.00. The summed E-state index contributed by atoms with van der Waals surface area (Å²) in [7, 11) is 0. The van der Waals surface area contributed by atoms with Crippen LogP contribution >= 0.6 is 0 Å². The highest BCUT2D eigenvalue weighted by Gasteiger charge is 2.49. The Morgan fingerprint density at radius 1 is 1.11 bits per heavy atom. The molecule has 0 amide bonds. The van der Waals surface area contributed by atoms with Gasteiger partial charge in [-0.2, -0.15) is 0 Å². The molecule has 0 radical (unpaired) electrons. The van der Waals surface area contributed by atoms with Gasteiger partial charge in [-0.25, -0.2) is 0 Å². The summed E-state index contributed by atoms with van der Waals surface area (Å²) in [6.07, 6.45) is -2.54. The van der Waals surface area contributed by atoms with Crippen molar-refractivity contribution in [3.05, 3.63) is 0 Å². The standard InChI is InChI=1S/C12H22O6/c1-11(2)15-6-8(17-11)9(14)10-7(5-13)16-12(3,4)18-10/h7-10,13-14H,5-6H2,1-4H3/t7?,8-,9?,10?/m0/s1. The summed E-state index contributed by atoms with van der Waals surface area (Å²) >= 11 is 0. The molecule has 2 fully saturated rings. The van der Waals surface area contributed by atoms with Crippen molar-refractivity contribution in [2.24, 2.45) is 0 Å². The molecule has 2 N–H and O–H groups in total. The number of aliphatic hydroxyl groups excluding tert-OH is 2. The second-order valence-electron chi connectivity index (χ2n) is 5.68. The highest BCUT2D eigenvalue weighted by atomic mass is 16.8. The monoisotopic (exact) mass is 262 g/mol. The van der Waals surface area contributed by atoms with E-state index in [-0.39, 0.29) is 6.61 Å². The molecule has 0 aromatic rings. The average molecular weight is 262 g/mol. The van der Waals surface area contributed by atoms with Gasteiger partial charge in [0.2, 0.25) is 0 Å². The smallest absolute Gasteiger partial charge is 0.164 e. The van der Waals surface area contributed by atoms with Gasteiger partial charge in [-0.15, -0.1) is 0 Å². The Morgan fingerprint density at radius 2 is 1.78 bits per heavy atom. The van der Waals surface area contributed by atoms with Gasteiger partial charge in [-0.1, -0.05) is 0 Å². The van der Waals surface area contributed by atoms with Gasteiger partial charge in [0.25, 0.3) is 0 Å². The number of aliphatic hydroxyl groups is 2. The summed E-state index contributed by atoms with van der Waals surface area (Å²) in [5, 5.41) is 19.6. The molecule has 0 bridgehead atoms. The van der Waals surface area contributed by atoms with Gasteiger partial charge in [0.05, 0.1) is 13.2 Å². The fourth-order valence-electron chi connectivity index (χ4n) is 2.39. The summed E-state index contributed by atoms with van der Waals surface area (Å²) in [4.78, 5) is 0. The van der Waals surface area contributed by atoms with Gasteiger partial charge < -0.3 is 29.2 Å². The number of rotatable bonds is 3. The molecular formula is C12H22O6. The van der Waals surface area contributed by atoms with E-state index in [2.05, 4.69) is 0 Å². The zero-order valence-corrected chi connectivity index (χ0v) is 11.3. The average Bonchev–Trinajstić information content (AvgIpc) is 2.77. The predicted molar refractivity (Wildman–Crippen MR) is 61.8 cm³/mol. The molecule has 0 aromatic carbocycles. The molecule has 4 atom stereocenters. The second kappa shape index (κ2) is 4.70. The van der Waals surface area contributed by atoms with Crippen molar-refractivity contribution in [3.8, 4) is 0 Å². The van der Waals surface area contributed by atoms with Crippen LogP contribution in [0.2, 0.25) is 0 Å². The van der Waals surface area contributed by atoms with E-state index >= 15 is 0 Å². The maximum atomic E-state index is 10.3. The van der Waals surface area contributed by atoms with Crippen molar-refractivity contribution in [3.63, 3.8) is 0 Å². The summed E-state index contributed by atoms with van der Waals surface area (Å²) in [6, 6.07) is 0. The first-order chi connectivity index (χ1) is 8.24. The van der Waals surface area contributed by atoms with Gasteiger partial charge in [0, 0.05) is 0 Å². The first-order valence-electron chi connectivity index (χ1n) is 6.20. The quantitative estimate of drug-likeness (QED) is 0.746. The minimum absolute atomic E-state index is 0.206. The molecule has 2 aliphatic heterocycles. The Hall–Kier alpha value is -0.240. The van der Waals surface area contributed by atoms with E-state index in [9.17, 15) is 10.2 Å². The zero-order chi connectivity index (χ0) is 13.6. The van der Waals surface area contributed by atoms with Gasteiger partial charge in [-0.3, -0.25) is 0 Å². The summed E-state index contributed by atoms with van der Waals surface area (Å²) in [5.74, 6) is -1.51. The highest BCUT2D eigenvalue weighted by Crippen LogP contribution is 2.33. The maximum absolute atomic E-state index is 10.3. The Balaban J connectivity index is 2.02. The van der Waals surface area contributed by atoms with Crippen LogP contribution in [-0.4, -0.2) is 59.4 Å². The summed E-state index contributed by atoms with van der Waals surface area (Å²) in [6.45, 7) is 7.17. The van der Waals surface area contributed by atoms with Crippen molar-refractivity contribution in [2.45, 2.75) is 63.7 Å². The van der Waals surface area contributed by atoms with Crippen molar-refractivity contribution in [2.75, 3.05) is 13.2 Å². The highest BCUT2D eigenvalue weighted by molar-refractivity contribution is 4.91. The second-order valence-corrected chi connectivity index (χ2v) is 5.68. The SMILES string of the molecule is CC1(C)OC(CO)C(C(O)[C@@H]2COC(C)(C)O2)O1. The number of hydrogen-bond donors (Lipinski definition) is 2. The van der Waals surface area contributed by atoms with Gasteiger partial charge >= 0.3 is 0 Å². The van der Waals surface area contributed by atoms with Crippen LogP contribution in [0.4, 0.5) is 0 Å². The third kappa shape index (κ3) is 2.84. The van der Waals surface area contributed by atoms with Crippen molar-refractivity contribution in [1.29, 1.82) is 0 Å². The van der Waals surface area contributed by atoms with Crippen LogP contribution in [0.3, 0.4) is 0 Å². The molecule has 0 spiro atoms. The Kier molecular flexibility index (Phi) is 3.70. The van der Waals surface area contributed by atoms with Crippen molar-refractivity contribution >= 4 is 0 Å². The van der Waals surface area contributed by atoms with Crippen molar-refractivity contribution < 1.29 is 29.2 Å². The van der Waals surface area contributed by atoms with E-state index < -0.39 is 36.0 Å². The lowest BCUT2D eigenvalue weighted by Gasteiger charge is -2.26. The summed E-state index contributed by atoms with van der Waals surface area (Å²) < 4.78 is 22.1. The Morgan fingerprint density at radius 3 is 2.28 bits per heavy atom. The molecule has 3 unspecified atom stereocenters. The molecule has 2 heterocycles. The van der Waals surface area contributed by atoms with Crippen LogP contribution in [0.15, 0.2) is 0 Å². The molecule has 6 nitrogen and oxygen atoms in total. The molecule has 106 valence electrons. The first-order valence-corrected chi connectivity index (χ1v) is 6.20. The zero-order valence-electron chi connectivity index (χ0n) is 11.3. The molecule has 0 saturated carbocycles. The number of ether oxygens (including phenoxy) is 4. The molecule has 0 aromatic heterocycles. The van der Waals surface area contributed by atoms with Crippen LogP contribution in [0.1, 0.15) is 27.7 Å². The van der Waals surface area contributed by atoms with E-state index in [1.807, 2.05) is 0 Å².